The van der Waals surface area contributed by atoms with Gasteiger partial charge < -0.3 is 10.4 Å². The summed E-state index contributed by atoms with van der Waals surface area (Å²) in [6.45, 7) is 3.05. The van der Waals surface area contributed by atoms with Gasteiger partial charge in [-0.2, -0.15) is 0 Å². The summed E-state index contributed by atoms with van der Waals surface area (Å²) in [4.78, 5) is 10.7. The highest BCUT2D eigenvalue weighted by atomic mass is 16.4. The Morgan fingerprint density at radius 2 is 2.50 bits per heavy atom. The van der Waals surface area contributed by atoms with E-state index >= 15 is 0 Å². The molecule has 2 atom stereocenters. The van der Waals surface area contributed by atoms with Crippen LogP contribution in [0.1, 0.15) is 42.7 Å². The van der Waals surface area contributed by atoms with Crippen LogP contribution >= 0.6 is 0 Å². The van der Waals surface area contributed by atoms with E-state index in [0.717, 1.165) is 13.0 Å². The van der Waals surface area contributed by atoms with Gasteiger partial charge in [-0.3, -0.25) is 0 Å². The zero-order valence-corrected chi connectivity index (χ0v) is 9.26. The van der Waals surface area contributed by atoms with E-state index in [1.165, 1.54) is 19.0 Å². The van der Waals surface area contributed by atoms with E-state index in [1.54, 1.807) is 4.68 Å². The number of carboxylic acid groups (broad SMARTS) is 1. The molecule has 0 spiro atoms. The van der Waals surface area contributed by atoms with Crippen molar-refractivity contribution in [1.82, 2.24) is 20.3 Å². The average molecular weight is 224 g/mol. The van der Waals surface area contributed by atoms with Gasteiger partial charge in [0.25, 0.3) is 0 Å². The first kappa shape index (κ1) is 11.1. The minimum absolute atomic E-state index is 0.00246. The summed E-state index contributed by atoms with van der Waals surface area (Å²) < 4.78 is 1.63. The van der Waals surface area contributed by atoms with Crippen LogP contribution in [0.4, 0.5) is 0 Å². The Morgan fingerprint density at radius 3 is 3.06 bits per heavy atom. The van der Waals surface area contributed by atoms with Crippen LogP contribution in [0.25, 0.3) is 0 Å². The molecule has 1 aliphatic heterocycles. The topological polar surface area (TPSA) is 80.0 Å². The molecule has 88 valence electrons. The molecule has 1 aliphatic rings. The van der Waals surface area contributed by atoms with Crippen molar-refractivity contribution in [3.63, 3.8) is 0 Å². The smallest absolute Gasteiger partial charge is 0.358 e. The van der Waals surface area contributed by atoms with Crippen LogP contribution in [0, 0.1) is 0 Å². The lowest BCUT2D eigenvalue weighted by Crippen LogP contribution is -2.40. The van der Waals surface area contributed by atoms with Gasteiger partial charge in [0.2, 0.25) is 0 Å². The second kappa shape index (κ2) is 4.61. The summed E-state index contributed by atoms with van der Waals surface area (Å²) >= 11 is 0. The predicted molar refractivity (Wildman–Crippen MR) is 57.3 cm³/mol. The lowest BCUT2D eigenvalue weighted by molar-refractivity contribution is 0.0690. The first-order chi connectivity index (χ1) is 7.68. The maximum absolute atomic E-state index is 10.7. The van der Waals surface area contributed by atoms with Gasteiger partial charge >= 0.3 is 5.97 Å². The van der Waals surface area contributed by atoms with Crippen LogP contribution in [-0.4, -0.2) is 38.7 Å². The normalized spacial score (nSPS) is 22.9. The highest BCUT2D eigenvalue weighted by Gasteiger charge is 2.22. The van der Waals surface area contributed by atoms with Gasteiger partial charge in [0.15, 0.2) is 5.69 Å². The number of rotatable bonds is 3. The minimum atomic E-state index is -1.03. The van der Waals surface area contributed by atoms with E-state index in [-0.39, 0.29) is 11.7 Å². The second-order valence-corrected chi connectivity index (χ2v) is 4.19. The van der Waals surface area contributed by atoms with E-state index in [1.807, 2.05) is 6.92 Å². The van der Waals surface area contributed by atoms with E-state index in [4.69, 9.17) is 5.11 Å². The van der Waals surface area contributed by atoms with E-state index in [2.05, 4.69) is 15.6 Å². The number of piperidine rings is 1. The van der Waals surface area contributed by atoms with Crippen molar-refractivity contribution in [2.24, 2.45) is 0 Å². The van der Waals surface area contributed by atoms with Crippen molar-refractivity contribution in [3.8, 4) is 0 Å². The van der Waals surface area contributed by atoms with Crippen LogP contribution in [0.15, 0.2) is 6.20 Å². The van der Waals surface area contributed by atoms with Gasteiger partial charge in [0, 0.05) is 6.04 Å². The van der Waals surface area contributed by atoms with Crippen molar-refractivity contribution in [2.75, 3.05) is 6.54 Å². The van der Waals surface area contributed by atoms with Gasteiger partial charge in [-0.25, -0.2) is 9.48 Å². The number of aromatic nitrogens is 3. The van der Waals surface area contributed by atoms with Gasteiger partial charge in [0.1, 0.15) is 0 Å². The Hall–Kier alpha value is -1.43. The Kier molecular flexibility index (Phi) is 3.19. The summed E-state index contributed by atoms with van der Waals surface area (Å²) in [5, 5.41) is 19.7. The molecule has 0 radical (unpaired) electrons. The fraction of sp³-hybridized carbons (Fsp3) is 0.700. The maximum Gasteiger partial charge on any atom is 0.358 e. The number of carboxylic acids is 1. The van der Waals surface area contributed by atoms with Crippen molar-refractivity contribution >= 4 is 5.97 Å². The molecule has 1 aromatic heterocycles. The lowest BCUT2D eigenvalue weighted by atomic mass is 9.99. The third-order valence-electron chi connectivity index (χ3n) is 3.08. The summed E-state index contributed by atoms with van der Waals surface area (Å²) in [5.74, 6) is -1.03. The molecule has 0 unspecified atom stereocenters. The van der Waals surface area contributed by atoms with Gasteiger partial charge in [-0.1, -0.05) is 11.6 Å². The molecule has 6 heteroatoms. The molecule has 2 heterocycles. The Balaban J connectivity index is 2.07. The van der Waals surface area contributed by atoms with Gasteiger partial charge in [-0.15, -0.1) is 5.10 Å². The Labute approximate surface area is 93.6 Å². The fourth-order valence-electron chi connectivity index (χ4n) is 2.05. The number of nitrogens with one attached hydrogen (secondary N) is 1. The third-order valence-corrected chi connectivity index (χ3v) is 3.08. The molecule has 0 bridgehead atoms. The van der Waals surface area contributed by atoms with Crippen molar-refractivity contribution in [3.05, 3.63) is 11.9 Å². The van der Waals surface area contributed by atoms with Crippen LogP contribution < -0.4 is 5.32 Å². The van der Waals surface area contributed by atoms with Crippen LogP contribution in [0.3, 0.4) is 0 Å². The molecule has 2 rings (SSSR count). The monoisotopic (exact) mass is 224 g/mol. The molecular formula is C10H16N4O2. The molecule has 2 N–H and O–H groups in total. The number of hydrogen-bond acceptors (Lipinski definition) is 4. The zero-order chi connectivity index (χ0) is 11.5. The third kappa shape index (κ3) is 2.21. The quantitative estimate of drug-likeness (QED) is 0.789. The fourth-order valence-corrected chi connectivity index (χ4v) is 2.05. The number of carbonyl (C=O) groups is 1. The highest BCUT2D eigenvalue weighted by Crippen LogP contribution is 2.18. The summed E-state index contributed by atoms with van der Waals surface area (Å²) in [6, 6.07) is 0.498. The minimum Gasteiger partial charge on any atom is -0.476 e. The van der Waals surface area contributed by atoms with Gasteiger partial charge in [-0.05, 0) is 26.3 Å². The lowest BCUT2D eigenvalue weighted by Gasteiger charge is -2.28. The first-order valence-corrected chi connectivity index (χ1v) is 5.57. The predicted octanol–water partition coefficient (Wildman–Crippen LogP) is 0.679. The van der Waals surface area contributed by atoms with E-state index in [9.17, 15) is 4.79 Å². The Morgan fingerprint density at radius 1 is 1.69 bits per heavy atom. The molecular weight excluding hydrogens is 208 g/mol. The molecule has 1 fully saturated rings. The molecule has 0 aliphatic carbocycles. The highest BCUT2D eigenvalue weighted by molar-refractivity contribution is 5.84. The number of hydrogen-bond donors (Lipinski definition) is 2. The average Bonchev–Trinajstić information content (AvgIpc) is 2.78. The van der Waals surface area contributed by atoms with Crippen LogP contribution in [-0.2, 0) is 0 Å². The van der Waals surface area contributed by atoms with E-state index < -0.39 is 5.97 Å². The number of nitrogens with zero attached hydrogens (tertiary/aromatic N) is 3. The van der Waals surface area contributed by atoms with Crippen molar-refractivity contribution in [1.29, 1.82) is 0 Å². The van der Waals surface area contributed by atoms with Crippen LogP contribution in [0.2, 0.25) is 0 Å². The molecule has 0 aromatic carbocycles. The first-order valence-electron chi connectivity index (χ1n) is 5.57. The summed E-state index contributed by atoms with van der Waals surface area (Å²) in [5.41, 5.74) is 0.00246. The molecule has 1 aromatic rings. The molecule has 1 saturated heterocycles. The largest absolute Gasteiger partial charge is 0.476 e. The second-order valence-electron chi connectivity index (χ2n) is 4.19. The molecule has 6 nitrogen and oxygen atoms in total. The Bertz CT molecular complexity index is 371. The maximum atomic E-state index is 10.7. The van der Waals surface area contributed by atoms with E-state index in [0.29, 0.717) is 6.04 Å². The molecule has 0 saturated carbocycles. The van der Waals surface area contributed by atoms with Crippen molar-refractivity contribution < 1.29 is 9.90 Å². The molecule has 16 heavy (non-hydrogen) atoms. The van der Waals surface area contributed by atoms with Crippen molar-refractivity contribution in [2.45, 2.75) is 38.3 Å². The standard InChI is InChI=1S/C10H16N4O2/c1-7(8-4-2-3-5-11-8)14-6-9(10(15)16)12-13-14/h6-8,11H,2-5H2,1H3,(H,15,16)/t7-,8+/m1/s1. The zero-order valence-electron chi connectivity index (χ0n) is 9.26. The van der Waals surface area contributed by atoms with Gasteiger partial charge in [0.05, 0.1) is 12.2 Å². The summed E-state index contributed by atoms with van der Waals surface area (Å²) in [6.07, 6.45) is 5.01. The molecule has 0 amide bonds. The number of aromatic carboxylic acids is 1. The summed E-state index contributed by atoms with van der Waals surface area (Å²) in [7, 11) is 0. The SMILES string of the molecule is C[C@H]([C@@H]1CCCCN1)n1cc(C(=O)O)nn1. The van der Waals surface area contributed by atoms with Crippen LogP contribution in [0.5, 0.6) is 0 Å².